The molecule has 0 bridgehead atoms. The minimum absolute atomic E-state index is 0.228. The number of benzene rings is 1. The summed E-state index contributed by atoms with van der Waals surface area (Å²) in [6.07, 6.45) is 0.856. The van der Waals surface area contributed by atoms with Crippen molar-refractivity contribution in [1.82, 2.24) is 9.55 Å². The zero-order chi connectivity index (χ0) is 13.2. The second kappa shape index (κ2) is 4.80. The Morgan fingerprint density at radius 3 is 2.95 bits per heavy atom. The average molecular weight is 257 g/mol. The van der Waals surface area contributed by atoms with Gasteiger partial charge in [0.2, 0.25) is 0 Å². The van der Waals surface area contributed by atoms with E-state index in [9.17, 15) is 4.79 Å². The lowest BCUT2D eigenvalue weighted by atomic mass is 10.2. The largest absolute Gasteiger partial charge is 0.348 e. The summed E-state index contributed by atoms with van der Waals surface area (Å²) in [5.41, 5.74) is 1.54. The molecule has 19 heavy (non-hydrogen) atoms. The smallest absolute Gasteiger partial charge is 0.269 e. The van der Waals surface area contributed by atoms with Crippen LogP contribution in [0.15, 0.2) is 29.2 Å². The fourth-order valence-electron chi connectivity index (χ4n) is 2.07. The SMILES string of the molecule is [C-]#[N+]c1ccc2ncc(=O)n(CC3OCCO3)c2c1. The molecule has 0 spiro atoms. The van der Waals surface area contributed by atoms with E-state index in [-0.39, 0.29) is 5.56 Å². The third-order valence-electron chi connectivity index (χ3n) is 2.98. The van der Waals surface area contributed by atoms with Crippen molar-refractivity contribution in [3.8, 4) is 0 Å². The molecular weight excluding hydrogens is 246 g/mol. The number of hydrogen-bond donors (Lipinski definition) is 0. The van der Waals surface area contributed by atoms with E-state index in [1.165, 1.54) is 10.8 Å². The first-order valence-corrected chi connectivity index (χ1v) is 5.88. The molecule has 6 heteroatoms. The highest BCUT2D eigenvalue weighted by atomic mass is 16.7. The van der Waals surface area contributed by atoms with Crippen LogP contribution in [0, 0.1) is 6.57 Å². The van der Waals surface area contributed by atoms with E-state index >= 15 is 0 Å². The molecule has 0 amide bonds. The van der Waals surface area contributed by atoms with Crippen LogP contribution in [0.2, 0.25) is 0 Å². The Hall–Kier alpha value is -2.23. The van der Waals surface area contributed by atoms with Gasteiger partial charge in [-0.1, -0.05) is 6.07 Å². The normalized spacial score (nSPS) is 15.7. The van der Waals surface area contributed by atoms with E-state index in [0.29, 0.717) is 36.5 Å². The van der Waals surface area contributed by atoms with Crippen LogP contribution in [-0.4, -0.2) is 29.1 Å². The first-order valence-electron chi connectivity index (χ1n) is 5.88. The van der Waals surface area contributed by atoms with Crippen LogP contribution in [0.3, 0.4) is 0 Å². The van der Waals surface area contributed by atoms with Crippen molar-refractivity contribution < 1.29 is 9.47 Å². The van der Waals surface area contributed by atoms with Gasteiger partial charge in [0.1, 0.15) is 0 Å². The standard InChI is InChI=1S/C13H11N3O3/c1-14-9-2-3-10-11(6-9)16(12(17)7-15-10)8-13-18-4-5-19-13/h2-3,6-7,13H,4-5,8H2. The van der Waals surface area contributed by atoms with E-state index in [2.05, 4.69) is 9.83 Å². The summed E-state index contributed by atoms with van der Waals surface area (Å²) >= 11 is 0. The Labute approximate surface area is 109 Å². The van der Waals surface area contributed by atoms with Crippen LogP contribution < -0.4 is 5.56 Å². The summed E-state index contributed by atoms with van der Waals surface area (Å²) in [6.45, 7) is 8.41. The molecule has 1 aliphatic heterocycles. The van der Waals surface area contributed by atoms with Gasteiger partial charge >= 0.3 is 0 Å². The molecule has 2 heterocycles. The maximum absolute atomic E-state index is 11.9. The molecule has 3 rings (SSSR count). The summed E-state index contributed by atoms with van der Waals surface area (Å²) in [5.74, 6) is 0. The maximum Gasteiger partial charge on any atom is 0.269 e. The summed E-state index contributed by atoms with van der Waals surface area (Å²) < 4.78 is 12.2. The van der Waals surface area contributed by atoms with Crippen molar-refractivity contribution in [2.45, 2.75) is 12.8 Å². The second-order valence-corrected chi connectivity index (χ2v) is 4.16. The number of aromatic nitrogens is 2. The number of fused-ring (bicyclic) bond motifs is 1. The molecule has 1 aromatic carbocycles. The first kappa shape index (κ1) is 11.8. The van der Waals surface area contributed by atoms with Gasteiger partial charge in [-0.05, 0) is 12.1 Å². The van der Waals surface area contributed by atoms with Gasteiger partial charge in [0, 0.05) is 0 Å². The van der Waals surface area contributed by atoms with Crippen LogP contribution in [0.5, 0.6) is 0 Å². The van der Waals surface area contributed by atoms with E-state index < -0.39 is 6.29 Å². The summed E-state index contributed by atoms with van der Waals surface area (Å²) in [4.78, 5) is 19.4. The molecule has 0 aliphatic carbocycles. The number of nitrogens with zero attached hydrogens (tertiary/aromatic N) is 3. The quantitative estimate of drug-likeness (QED) is 0.761. The van der Waals surface area contributed by atoms with Crippen LogP contribution in [0.1, 0.15) is 0 Å². The van der Waals surface area contributed by atoms with Gasteiger partial charge in [0.25, 0.3) is 5.56 Å². The monoisotopic (exact) mass is 257 g/mol. The number of hydrogen-bond acceptors (Lipinski definition) is 4. The minimum atomic E-state index is -0.417. The van der Waals surface area contributed by atoms with Gasteiger partial charge in [-0.15, -0.1) is 0 Å². The van der Waals surface area contributed by atoms with Crippen molar-refractivity contribution in [3.63, 3.8) is 0 Å². The van der Waals surface area contributed by atoms with E-state index in [1.54, 1.807) is 18.2 Å². The van der Waals surface area contributed by atoms with Crippen molar-refractivity contribution in [2.24, 2.45) is 0 Å². The van der Waals surface area contributed by atoms with Gasteiger partial charge in [-0.25, -0.2) is 9.83 Å². The summed E-state index contributed by atoms with van der Waals surface area (Å²) in [7, 11) is 0. The Morgan fingerprint density at radius 1 is 1.42 bits per heavy atom. The molecular formula is C13H11N3O3. The Balaban J connectivity index is 2.12. The average Bonchev–Trinajstić information content (AvgIpc) is 2.94. The van der Waals surface area contributed by atoms with E-state index in [0.717, 1.165) is 0 Å². The van der Waals surface area contributed by atoms with Crippen molar-refractivity contribution in [1.29, 1.82) is 0 Å². The van der Waals surface area contributed by atoms with Crippen molar-refractivity contribution in [3.05, 3.63) is 46.2 Å². The first-order chi connectivity index (χ1) is 9.28. The van der Waals surface area contributed by atoms with Crippen LogP contribution in [0.4, 0.5) is 5.69 Å². The maximum atomic E-state index is 11.9. The van der Waals surface area contributed by atoms with Crippen molar-refractivity contribution in [2.75, 3.05) is 13.2 Å². The molecule has 2 aromatic rings. The third kappa shape index (κ3) is 2.21. The molecule has 0 N–H and O–H groups in total. The zero-order valence-electron chi connectivity index (χ0n) is 10.1. The Kier molecular flexibility index (Phi) is 2.99. The predicted molar refractivity (Wildman–Crippen MR) is 68.0 cm³/mol. The second-order valence-electron chi connectivity index (χ2n) is 4.16. The topological polar surface area (TPSA) is 57.7 Å². The Bertz CT molecular complexity index is 711. The zero-order valence-corrected chi connectivity index (χ0v) is 10.1. The molecule has 1 fully saturated rings. The summed E-state index contributed by atoms with van der Waals surface area (Å²) in [5, 5.41) is 0. The fourth-order valence-corrected chi connectivity index (χ4v) is 2.07. The Morgan fingerprint density at radius 2 is 2.21 bits per heavy atom. The van der Waals surface area contributed by atoms with Crippen molar-refractivity contribution >= 4 is 16.7 Å². The number of ether oxygens (including phenoxy) is 2. The molecule has 0 saturated carbocycles. The lowest BCUT2D eigenvalue weighted by Crippen LogP contribution is -2.27. The number of rotatable bonds is 2. The van der Waals surface area contributed by atoms with Crippen LogP contribution >= 0.6 is 0 Å². The predicted octanol–water partition coefficient (Wildman–Crippen LogP) is 1.32. The van der Waals surface area contributed by atoms with Gasteiger partial charge in [0.15, 0.2) is 12.0 Å². The molecule has 0 atom stereocenters. The highest BCUT2D eigenvalue weighted by Crippen LogP contribution is 2.19. The summed E-state index contributed by atoms with van der Waals surface area (Å²) in [6, 6.07) is 5.07. The fraction of sp³-hybridized carbons (Fsp3) is 0.308. The van der Waals surface area contributed by atoms with E-state index in [4.69, 9.17) is 16.0 Å². The third-order valence-corrected chi connectivity index (χ3v) is 2.98. The molecule has 1 saturated heterocycles. The van der Waals surface area contributed by atoms with Crippen LogP contribution in [0.25, 0.3) is 15.9 Å². The molecule has 1 aliphatic rings. The van der Waals surface area contributed by atoms with Gasteiger partial charge < -0.3 is 14.0 Å². The molecule has 1 aromatic heterocycles. The van der Waals surface area contributed by atoms with Crippen LogP contribution in [-0.2, 0) is 16.0 Å². The minimum Gasteiger partial charge on any atom is -0.348 e. The molecule has 96 valence electrons. The van der Waals surface area contributed by atoms with E-state index in [1.807, 2.05) is 0 Å². The lowest BCUT2D eigenvalue weighted by Gasteiger charge is -2.13. The highest BCUT2D eigenvalue weighted by molar-refractivity contribution is 5.79. The van der Waals surface area contributed by atoms with Gasteiger partial charge in [-0.3, -0.25) is 4.79 Å². The molecule has 0 radical (unpaired) electrons. The molecule has 0 unspecified atom stereocenters. The molecule has 6 nitrogen and oxygen atoms in total. The highest BCUT2D eigenvalue weighted by Gasteiger charge is 2.18. The van der Waals surface area contributed by atoms with Gasteiger partial charge in [-0.2, -0.15) is 0 Å². The lowest BCUT2D eigenvalue weighted by molar-refractivity contribution is -0.0523. The van der Waals surface area contributed by atoms with Gasteiger partial charge in [0.05, 0.1) is 43.6 Å².